The topological polar surface area (TPSA) is 62.0 Å². The predicted octanol–water partition coefficient (Wildman–Crippen LogP) is 1.59. The minimum absolute atomic E-state index is 0.164. The second-order valence-corrected chi connectivity index (χ2v) is 5.13. The lowest BCUT2D eigenvalue weighted by atomic mass is 10.1. The lowest BCUT2D eigenvalue weighted by Crippen LogP contribution is -2.25. The van der Waals surface area contributed by atoms with Crippen molar-refractivity contribution in [3.05, 3.63) is 51.9 Å². The number of carboxylic acid groups (broad SMARTS) is 1. The van der Waals surface area contributed by atoms with Crippen molar-refractivity contribution in [1.82, 2.24) is 9.30 Å². The predicted molar refractivity (Wildman–Crippen MR) is 75.1 cm³/mol. The molecule has 0 radical (unpaired) electrons. The van der Waals surface area contributed by atoms with Crippen LogP contribution in [0, 0.1) is 0 Å². The van der Waals surface area contributed by atoms with E-state index in [1.54, 1.807) is 12.3 Å². The molecule has 1 N–H and O–H groups in total. The Bertz CT molecular complexity index is 715. The molecule has 0 bridgehead atoms. The first-order chi connectivity index (χ1) is 9.66. The zero-order valence-corrected chi connectivity index (χ0v) is 11.1. The quantitative estimate of drug-likeness (QED) is 0.921. The molecular weight excluding hydrogens is 256 g/mol. The van der Waals surface area contributed by atoms with Gasteiger partial charge >= 0.3 is 5.97 Å². The summed E-state index contributed by atoms with van der Waals surface area (Å²) in [5, 5.41) is 9.18. The van der Waals surface area contributed by atoms with Gasteiger partial charge in [0, 0.05) is 12.7 Å². The number of pyridine rings is 2. The van der Waals surface area contributed by atoms with E-state index in [0.717, 1.165) is 24.2 Å². The summed E-state index contributed by atoms with van der Waals surface area (Å²) in [4.78, 5) is 25.6. The molecule has 5 heteroatoms. The van der Waals surface area contributed by atoms with Crippen LogP contribution in [0.4, 0.5) is 0 Å². The van der Waals surface area contributed by atoms with E-state index in [-0.39, 0.29) is 5.56 Å². The van der Waals surface area contributed by atoms with Crippen molar-refractivity contribution in [2.24, 2.45) is 0 Å². The average molecular weight is 272 g/mol. The van der Waals surface area contributed by atoms with Crippen molar-refractivity contribution in [1.29, 1.82) is 0 Å². The third-order valence-electron chi connectivity index (χ3n) is 3.78. The van der Waals surface area contributed by atoms with Crippen LogP contribution >= 0.6 is 0 Å². The lowest BCUT2D eigenvalue weighted by Gasteiger charge is -2.17. The average Bonchev–Trinajstić information content (AvgIpc) is 2.94. The van der Waals surface area contributed by atoms with Crippen LogP contribution in [-0.2, 0) is 6.54 Å². The molecule has 1 aliphatic rings. The van der Waals surface area contributed by atoms with E-state index in [4.69, 9.17) is 0 Å². The number of fused-ring (bicyclic) bond motifs is 1. The smallest absolute Gasteiger partial charge is 0.341 e. The molecule has 2 aromatic heterocycles. The molecule has 1 aliphatic heterocycles. The lowest BCUT2D eigenvalue weighted by molar-refractivity contribution is 0.0694. The number of hydrogen-bond donors (Lipinski definition) is 1. The van der Waals surface area contributed by atoms with Gasteiger partial charge in [-0.05, 0) is 49.7 Å². The Balaban J connectivity index is 2.16. The highest BCUT2D eigenvalue weighted by molar-refractivity contribution is 5.88. The first-order valence-corrected chi connectivity index (χ1v) is 6.76. The van der Waals surface area contributed by atoms with Crippen LogP contribution in [0.5, 0.6) is 0 Å². The van der Waals surface area contributed by atoms with E-state index < -0.39 is 11.5 Å². The first kappa shape index (κ1) is 12.9. The Kier molecular flexibility index (Phi) is 3.28. The minimum Gasteiger partial charge on any atom is -0.477 e. The van der Waals surface area contributed by atoms with Gasteiger partial charge in [-0.15, -0.1) is 0 Å². The molecule has 5 nitrogen and oxygen atoms in total. The molecule has 3 rings (SSSR count). The second-order valence-electron chi connectivity index (χ2n) is 5.13. The van der Waals surface area contributed by atoms with Gasteiger partial charge in [0.05, 0.1) is 5.52 Å². The summed E-state index contributed by atoms with van der Waals surface area (Å²) < 4.78 is 1.43. The van der Waals surface area contributed by atoms with Crippen LogP contribution in [0.15, 0.2) is 35.3 Å². The zero-order chi connectivity index (χ0) is 14.1. The van der Waals surface area contributed by atoms with Crippen LogP contribution in [0.1, 0.15) is 28.8 Å². The third kappa shape index (κ3) is 2.20. The van der Waals surface area contributed by atoms with Gasteiger partial charge in [0.1, 0.15) is 5.56 Å². The molecule has 0 amide bonds. The first-order valence-electron chi connectivity index (χ1n) is 6.76. The number of aromatic carboxylic acids is 1. The highest BCUT2D eigenvalue weighted by Gasteiger charge is 2.18. The maximum atomic E-state index is 12.1. The van der Waals surface area contributed by atoms with Crippen molar-refractivity contribution in [3.63, 3.8) is 0 Å². The normalized spacial score (nSPS) is 15.8. The summed E-state index contributed by atoms with van der Waals surface area (Å²) in [5.41, 5.74) is 1.04. The van der Waals surface area contributed by atoms with Crippen LogP contribution in [0.3, 0.4) is 0 Å². The fraction of sp³-hybridized carbons (Fsp3) is 0.333. The van der Waals surface area contributed by atoms with Crippen molar-refractivity contribution in [3.8, 4) is 0 Å². The molecule has 2 aromatic rings. The van der Waals surface area contributed by atoms with Crippen molar-refractivity contribution in [2.75, 3.05) is 13.1 Å². The van der Waals surface area contributed by atoms with E-state index >= 15 is 0 Å². The van der Waals surface area contributed by atoms with Crippen LogP contribution < -0.4 is 5.56 Å². The molecular formula is C15H16N2O3. The maximum absolute atomic E-state index is 12.1. The Morgan fingerprint density at radius 2 is 2.00 bits per heavy atom. The molecule has 1 fully saturated rings. The SMILES string of the molecule is O=C(O)c1cc(CN2CCCC2)c2ccccn2c1=O. The van der Waals surface area contributed by atoms with Crippen LogP contribution in [0.25, 0.3) is 5.52 Å². The molecule has 3 heterocycles. The van der Waals surface area contributed by atoms with Crippen molar-refractivity contribution in [2.45, 2.75) is 19.4 Å². The van der Waals surface area contributed by atoms with Gasteiger partial charge in [-0.3, -0.25) is 14.1 Å². The largest absolute Gasteiger partial charge is 0.477 e. The molecule has 1 saturated heterocycles. The summed E-state index contributed by atoms with van der Waals surface area (Å²) in [6, 6.07) is 6.99. The van der Waals surface area contributed by atoms with Gasteiger partial charge in [-0.25, -0.2) is 4.79 Å². The van der Waals surface area contributed by atoms with Gasteiger partial charge in [-0.2, -0.15) is 0 Å². The molecule has 0 spiro atoms. The summed E-state index contributed by atoms with van der Waals surface area (Å²) in [7, 11) is 0. The molecule has 104 valence electrons. The van der Waals surface area contributed by atoms with Gasteiger partial charge in [-0.1, -0.05) is 6.07 Å². The summed E-state index contributed by atoms with van der Waals surface area (Å²) in [6.45, 7) is 2.75. The third-order valence-corrected chi connectivity index (χ3v) is 3.78. The van der Waals surface area contributed by atoms with E-state index in [1.165, 1.54) is 23.3 Å². The fourth-order valence-corrected chi connectivity index (χ4v) is 2.78. The van der Waals surface area contributed by atoms with E-state index in [1.807, 2.05) is 12.1 Å². The van der Waals surface area contributed by atoms with E-state index in [9.17, 15) is 14.7 Å². The number of hydrogen-bond acceptors (Lipinski definition) is 3. The van der Waals surface area contributed by atoms with Gasteiger partial charge in [0.2, 0.25) is 0 Å². The van der Waals surface area contributed by atoms with Gasteiger partial charge in [0.15, 0.2) is 0 Å². The molecule has 0 aromatic carbocycles. The number of rotatable bonds is 3. The highest BCUT2D eigenvalue weighted by atomic mass is 16.4. The number of nitrogens with zero attached hydrogens (tertiary/aromatic N) is 2. The molecule has 0 unspecified atom stereocenters. The van der Waals surface area contributed by atoms with E-state index in [0.29, 0.717) is 6.54 Å². The maximum Gasteiger partial charge on any atom is 0.341 e. The fourth-order valence-electron chi connectivity index (χ4n) is 2.78. The Morgan fingerprint density at radius 3 is 2.70 bits per heavy atom. The number of carboxylic acids is 1. The minimum atomic E-state index is -1.17. The monoisotopic (exact) mass is 272 g/mol. The van der Waals surface area contributed by atoms with E-state index in [2.05, 4.69) is 4.90 Å². The van der Waals surface area contributed by atoms with Gasteiger partial charge in [0.25, 0.3) is 5.56 Å². The Labute approximate surface area is 116 Å². The van der Waals surface area contributed by atoms with Gasteiger partial charge < -0.3 is 5.11 Å². The Morgan fingerprint density at radius 1 is 1.25 bits per heavy atom. The zero-order valence-electron chi connectivity index (χ0n) is 11.1. The molecule has 20 heavy (non-hydrogen) atoms. The summed E-state index contributed by atoms with van der Waals surface area (Å²) in [5.74, 6) is -1.17. The van der Waals surface area contributed by atoms with Crippen molar-refractivity contribution >= 4 is 11.5 Å². The summed E-state index contributed by atoms with van der Waals surface area (Å²) >= 11 is 0. The van der Waals surface area contributed by atoms with Crippen LogP contribution in [0.2, 0.25) is 0 Å². The second kappa shape index (κ2) is 5.09. The molecule has 0 atom stereocenters. The van der Waals surface area contributed by atoms with Crippen molar-refractivity contribution < 1.29 is 9.90 Å². The number of likely N-dealkylation sites (tertiary alicyclic amines) is 1. The Hall–Kier alpha value is -2.14. The highest BCUT2D eigenvalue weighted by Crippen LogP contribution is 2.17. The standard InChI is InChI=1S/C15H16N2O3/c18-14-12(15(19)20)9-11(10-16-6-3-4-7-16)13-5-1-2-8-17(13)14/h1-2,5,8-9H,3-4,6-7,10H2,(H,19,20). The number of carbonyl (C=O) groups is 1. The van der Waals surface area contributed by atoms with Crippen LogP contribution in [-0.4, -0.2) is 33.5 Å². The number of aromatic nitrogens is 1. The molecule has 0 saturated carbocycles. The summed E-state index contributed by atoms with van der Waals surface area (Å²) in [6.07, 6.45) is 3.98. The molecule has 0 aliphatic carbocycles.